The first kappa shape index (κ1) is 11.3. The highest BCUT2D eigenvalue weighted by molar-refractivity contribution is 5.04. The average molecular weight is 172 g/mol. The lowest BCUT2D eigenvalue weighted by atomic mass is 9.93. The molecule has 72 valence electrons. The van der Waals surface area contributed by atoms with E-state index in [-0.39, 0.29) is 12.0 Å². The van der Waals surface area contributed by atoms with Gasteiger partial charge in [0.15, 0.2) is 0 Å². The van der Waals surface area contributed by atoms with Gasteiger partial charge in [-0.2, -0.15) is 0 Å². The second-order valence-electron chi connectivity index (χ2n) is 3.88. The second kappa shape index (κ2) is 5.04. The molecule has 3 heteroatoms. The highest BCUT2D eigenvalue weighted by atomic mass is 16.3. The van der Waals surface area contributed by atoms with E-state index in [0.29, 0.717) is 0 Å². The SMILES string of the molecule is CC(C)(C)/C(N)=C/NCCCO. The van der Waals surface area contributed by atoms with E-state index in [9.17, 15) is 0 Å². The van der Waals surface area contributed by atoms with E-state index in [2.05, 4.69) is 26.1 Å². The standard InChI is InChI=1S/C9H20N2O/c1-9(2,3)8(10)7-11-5-4-6-12/h7,11-12H,4-6,10H2,1-3H3/b8-7-. The fourth-order valence-electron chi connectivity index (χ4n) is 0.580. The molecule has 0 aliphatic rings. The molecular weight excluding hydrogens is 152 g/mol. The molecule has 12 heavy (non-hydrogen) atoms. The van der Waals surface area contributed by atoms with Gasteiger partial charge in [0.1, 0.15) is 0 Å². The zero-order valence-electron chi connectivity index (χ0n) is 8.22. The molecule has 0 saturated heterocycles. The third-order valence-corrected chi connectivity index (χ3v) is 1.60. The topological polar surface area (TPSA) is 58.3 Å². The monoisotopic (exact) mass is 172 g/mol. The Morgan fingerprint density at radius 1 is 1.50 bits per heavy atom. The van der Waals surface area contributed by atoms with Crippen LogP contribution in [0.3, 0.4) is 0 Å². The van der Waals surface area contributed by atoms with Gasteiger partial charge in [0, 0.05) is 30.5 Å². The van der Waals surface area contributed by atoms with Crippen LogP contribution in [0.4, 0.5) is 0 Å². The number of hydrogen-bond acceptors (Lipinski definition) is 3. The summed E-state index contributed by atoms with van der Waals surface area (Å²) in [6.45, 7) is 7.18. The molecule has 0 rings (SSSR count). The summed E-state index contributed by atoms with van der Waals surface area (Å²) in [5.41, 5.74) is 6.62. The van der Waals surface area contributed by atoms with Crippen molar-refractivity contribution in [1.29, 1.82) is 0 Å². The lowest BCUT2D eigenvalue weighted by Crippen LogP contribution is -2.21. The van der Waals surface area contributed by atoms with Gasteiger partial charge in [0.2, 0.25) is 0 Å². The fraction of sp³-hybridized carbons (Fsp3) is 0.778. The summed E-state index contributed by atoms with van der Waals surface area (Å²) >= 11 is 0. The maximum Gasteiger partial charge on any atom is 0.0447 e. The predicted molar refractivity (Wildman–Crippen MR) is 51.4 cm³/mol. The van der Waals surface area contributed by atoms with E-state index in [1.807, 2.05) is 6.20 Å². The summed E-state index contributed by atoms with van der Waals surface area (Å²) in [4.78, 5) is 0. The van der Waals surface area contributed by atoms with Crippen LogP contribution in [0.25, 0.3) is 0 Å². The quantitative estimate of drug-likeness (QED) is 0.550. The van der Waals surface area contributed by atoms with Crippen LogP contribution in [-0.2, 0) is 0 Å². The Bertz CT molecular complexity index is 147. The van der Waals surface area contributed by atoms with Crippen molar-refractivity contribution < 1.29 is 5.11 Å². The molecule has 3 nitrogen and oxygen atoms in total. The number of aliphatic hydroxyl groups is 1. The largest absolute Gasteiger partial charge is 0.400 e. The van der Waals surface area contributed by atoms with Crippen LogP contribution in [-0.4, -0.2) is 18.3 Å². The van der Waals surface area contributed by atoms with Gasteiger partial charge in [0.25, 0.3) is 0 Å². The third kappa shape index (κ3) is 5.02. The van der Waals surface area contributed by atoms with Crippen LogP contribution in [0.5, 0.6) is 0 Å². The van der Waals surface area contributed by atoms with Crippen molar-refractivity contribution in [3.05, 3.63) is 11.9 Å². The summed E-state index contributed by atoms with van der Waals surface area (Å²) in [7, 11) is 0. The molecule has 0 aromatic rings. The molecule has 0 atom stereocenters. The molecular formula is C9H20N2O. The van der Waals surface area contributed by atoms with Gasteiger partial charge >= 0.3 is 0 Å². The van der Waals surface area contributed by atoms with E-state index in [1.165, 1.54) is 0 Å². The molecule has 0 heterocycles. The molecule has 0 spiro atoms. The van der Waals surface area contributed by atoms with Crippen LogP contribution in [0.2, 0.25) is 0 Å². The van der Waals surface area contributed by atoms with Crippen LogP contribution in [0.15, 0.2) is 11.9 Å². The van der Waals surface area contributed by atoms with Crippen molar-refractivity contribution in [2.75, 3.05) is 13.2 Å². The third-order valence-electron chi connectivity index (χ3n) is 1.60. The summed E-state index contributed by atoms with van der Waals surface area (Å²) in [5.74, 6) is 0. The van der Waals surface area contributed by atoms with Gasteiger partial charge < -0.3 is 16.2 Å². The summed E-state index contributed by atoms with van der Waals surface area (Å²) in [5, 5.41) is 11.5. The van der Waals surface area contributed by atoms with E-state index >= 15 is 0 Å². The minimum Gasteiger partial charge on any atom is -0.400 e. The number of rotatable bonds is 4. The Hall–Kier alpha value is -0.700. The number of hydrogen-bond donors (Lipinski definition) is 3. The first-order chi connectivity index (χ1) is 5.48. The minimum atomic E-state index is 0.0201. The van der Waals surface area contributed by atoms with E-state index < -0.39 is 0 Å². The van der Waals surface area contributed by atoms with Gasteiger partial charge in [-0.1, -0.05) is 20.8 Å². The smallest absolute Gasteiger partial charge is 0.0447 e. The van der Waals surface area contributed by atoms with Crippen molar-refractivity contribution in [2.45, 2.75) is 27.2 Å². The van der Waals surface area contributed by atoms with Crippen molar-refractivity contribution in [1.82, 2.24) is 5.32 Å². The fourth-order valence-corrected chi connectivity index (χ4v) is 0.580. The Labute approximate surface area is 74.7 Å². The average Bonchev–Trinajstić information content (AvgIpc) is 1.96. The molecule has 0 saturated carbocycles. The molecule has 0 radical (unpaired) electrons. The lowest BCUT2D eigenvalue weighted by Gasteiger charge is -2.18. The van der Waals surface area contributed by atoms with E-state index in [1.54, 1.807) is 0 Å². The molecule has 0 aromatic carbocycles. The first-order valence-electron chi connectivity index (χ1n) is 4.29. The Kier molecular flexibility index (Phi) is 4.74. The van der Waals surface area contributed by atoms with Gasteiger partial charge in [-0.15, -0.1) is 0 Å². The van der Waals surface area contributed by atoms with Gasteiger partial charge in [-0.25, -0.2) is 0 Å². The van der Waals surface area contributed by atoms with E-state index in [4.69, 9.17) is 10.8 Å². The molecule has 4 N–H and O–H groups in total. The molecule has 0 aromatic heterocycles. The first-order valence-corrected chi connectivity index (χ1v) is 4.29. The lowest BCUT2D eigenvalue weighted by molar-refractivity contribution is 0.288. The molecule has 0 amide bonds. The van der Waals surface area contributed by atoms with Gasteiger partial charge in [-0.3, -0.25) is 0 Å². The summed E-state index contributed by atoms with van der Waals surface area (Å²) in [6.07, 6.45) is 2.57. The zero-order valence-corrected chi connectivity index (χ0v) is 8.22. The molecule has 0 bridgehead atoms. The van der Waals surface area contributed by atoms with Crippen molar-refractivity contribution >= 4 is 0 Å². The Morgan fingerprint density at radius 3 is 2.50 bits per heavy atom. The maximum absolute atomic E-state index is 8.50. The number of nitrogens with two attached hydrogens (primary N) is 1. The summed E-state index contributed by atoms with van der Waals surface area (Å²) < 4.78 is 0. The van der Waals surface area contributed by atoms with E-state index in [0.717, 1.165) is 18.7 Å². The second-order valence-corrected chi connectivity index (χ2v) is 3.88. The van der Waals surface area contributed by atoms with Crippen LogP contribution >= 0.6 is 0 Å². The van der Waals surface area contributed by atoms with Crippen LogP contribution in [0.1, 0.15) is 27.2 Å². The molecule has 0 aliphatic heterocycles. The number of allylic oxidation sites excluding steroid dienone is 1. The number of aliphatic hydroxyl groups excluding tert-OH is 1. The predicted octanol–water partition coefficient (Wildman–Crippen LogP) is 0.805. The van der Waals surface area contributed by atoms with Crippen LogP contribution < -0.4 is 11.1 Å². The van der Waals surface area contributed by atoms with Crippen LogP contribution in [0, 0.1) is 5.41 Å². The maximum atomic E-state index is 8.50. The van der Waals surface area contributed by atoms with Gasteiger partial charge in [0.05, 0.1) is 0 Å². The summed E-state index contributed by atoms with van der Waals surface area (Å²) in [6, 6.07) is 0. The minimum absolute atomic E-state index is 0.0201. The zero-order chi connectivity index (χ0) is 9.61. The Balaban J connectivity index is 3.70. The van der Waals surface area contributed by atoms with Gasteiger partial charge in [-0.05, 0) is 6.42 Å². The molecule has 0 unspecified atom stereocenters. The molecule has 0 fully saturated rings. The van der Waals surface area contributed by atoms with Crippen molar-refractivity contribution in [2.24, 2.45) is 11.1 Å². The van der Waals surface area contributed by atoms with Crippen molar-refractivity contribution in [3.8, 4) is 0 Å². The number of nitrogens with one attached hydrogen (secondary N) is 1. The van der Waals surface area contributed by atoms with Crippen molar-refractivity contribution in [3.63, 3.8) is 0 Å². The normalized spacial score (nSPS) is 13.2. The Morgan fingerprint density at radius 2 is 2.08 bits per heavy atom. The highest BCUT2D eigenvalue weighted by Gasteiger charge is 2.12. The highest BCUT2D eigenvalue weighted by Crippen LogP contribution is 2.19. The molecule has 0 aliphatic carbocycles.